The average molecular weight is 295 g/mol. The number of nitrogens with zero attached hydrogens (tertiary/aromatic N) is 3. The molecule has 17 heavy (non-hydrogen) atoms. The Balaban J connectivity index is 2.13. The summed E-state index contributed by atoms with van der Waals surface area (Å²) in [6, 6.07) is 3.92. The van der Waals surface area contributed by atoms with Gasteiger partial charge in [0.15, 0.2) is 11.5 Å². The number of hydrogen-bond donors (Lipinski definition) is 1. The van der Waals surface area contributed by atoms with Crippen molar-refractivity contribution in [3.63, 3.8) is 0 Å². The summed E-state index contributed by atoms with van der Waals surface area (Å²) in [5.74, 6) is 0.897. The van der Waals surface area contributed by atoms with E-state index < -0.39 is 0 Å². The summed E-state index contributed by atoms with van der Waals surface area (Å²) in [6.45, 7) is 0. The maximum Gasteiger partial charge on any atom is 0.160 e. The maximum atomic E-state index is 6.50. The molecule has 2 aromatic rings. The van der Waals surface area contributed by atoms with Gasteiger partial charge in [-0.05, 0) is 40.9 Å². The fourth-order valence-electron chi connectivity index (χ4n) is 2.61. The van der Waals surface area contributed by atoms with Crippen LogP contribution in [0.4, 0.5) is 0 Å². The topological polar surface area (TPSA) is 56.2 Å². The molecule has 5 heteroatoms. The van der Waals surface area contributed by atoms with Gasteiger partial charge in [-0.3, -0.25) is 4.40 Å². The molecule has 4 nitrogen and oxygen atoms in total. The number of halogens is 1. The minimum absolute atomic E-state index is 0.307. The third-order valence-corrected chi connectivity index (χ3v) is 4.03. The molecule has 0 bridgehead atoms. The summed E-state index contributed by atoms with van der Waals surface area (Å²) in [5, 5.41) is 8.49. The Labute approximate surface area is 108 Å². The van der Waals surface area contributed by atoms with Gasteiger partial charge in [-0.1, -0.05) is 19.3 Å². The first-order valence-corrected chi connectivity index (χ1v) is 6.78. The molecule has 1 fully saturated rings. The van der Waals surface area contributed by atoms with Crippen LogP contribution >= 0.6 is 15.9 Å². The van der Waals surface area contributed by atoms with Gasteiger partial charge in [0.05, 0.1) is 5.54 Å². The zero-order valence-electron chi connectivity index (χ0n) is 9.56. The second-order valence-corrected chi connectivity index (χ2v) is 5.73. The van der Waals surface area contributed by atoms with Crippen LogP contribution < -0.4 is 5.73 Å². The standard InChI is InChI=1S/C12H15BrN4/c13-9-4-5-10-15-16-11(17(10)8-9)12(14)6-2-1-3-7-12/h4-5,8H,1-3,6-7,14H2. The van der Waals surface area contributed by atoms with E-state index in [-0.39, 0.29) is 5.54 Å². The van der Waals surface area contributed by atoms with Gasteiger partial charge in [-0.25, -0.2) is 0 Å². The van der Waals surface area contributed by atoms with Crippen LogP contribution in [-0.2, 0) is 5.54 Å². The van der Waals surface area contributed by atoms with Gasteiger partial charge >= 0.3 is 0 Å². The van der Waals surface area contributed by atoms with E-state index in [9.17, 15) is 0 Å². The first-order chi connectivity index (χ1) is 8.19. The maximum absolute atomic E-state index is 6.50. The first kappa shape index (κ1) is 11.2. The Morgan fingerprint density at radius 2 is 1.94 bits per heavy atom. The van der Waals surface area contributed by atoms with E-state index in [1.165, 1.54) is 19.3 Å². The van der Waals surface area contributed by atoms with Crippen molar-refractivity contribution >= 4 is 21.6 Å². The summed E-state index contributed by atoms with van der Waals surface area (Å²) in [7, 11) is 0. The Bertz CT molecular complexity index is 542. The Kier molecular flexibility index (Phi) is 2.67. The van der Waals surface area contributed by atoms with Gasteiger partial charge in [0.2, 0.25) is 0 Å². The monoisotopic (exact) mass is 294 g/mol. The van der Waals surface area contributed by atoms with E-state index in [1.807, 2.05) is 22.7 Å². The Morgan fingerprint density at radius 3 is 2.71 bits per heavy atom. The van der Waals surface area contributed by atoms with Crippen LogP contribution in [0.25, 0.3) is 5.65 Å². The molecule has 0 atom stereocenters. The highest BCUT2D eigenvalue weighted by Crippen LogP contribution is 2.34. The molecule has 0 aliphatic heterocycles. The van der Waals surface area contributed by atoms with E-state index in [0.717, 1.165) is 28.8 Å². The molecule has 3 rings (SSSR count). The van der Waals surface area contributed by atoms with Gasteiger partial charge in [0, 0.05) is 10.7 Å². The van der Waals surface area contributed by atoms with Crippen molar-refractivity contribution in [2.75, 3.05) is 0 Å². The third-order valence-electron chi connectivity index (χ3n) is 3.56. The molecule has 0 radical (unpaired) electrons. The van der Waals surface area contributed by atoms with Gasteiger partial charge < -0.3 is 5.73 Å². The first-order valence-electron chi connectivity index (χ1n) is 5.99. The molecule has 1 aliphatic rings. The Morgan fingerprint density at radius 1 is 1.18 bits per heavy atom. The number of pyridine rings is 1. The van der Waals surface area contributed by atoms with Gasteiger partial charge in [-0.15, -0.1) is 10.2 Å². The number of fused-ring (bicyclic) bond motifs is 1. The normalized spacial score (nSPS) is 19.6. The van der Waals surface area contributed by atoms with Crippen LogP contribution in [0.5, 0.6) is 0 Å². The summed E-state index contributed by atoms with van der Waals surface area (Å²) >= 11 is 3.48. The van der Waals surface area contributed by atoms with Crippen LogP contribution in [0.3, 0.4) is 0 Å². The molecule has 1 saturated carbocycles. The third kappa shape index (κ3) is 1.87. The quantitative estimate of drug-likeness (QED) is 0.880. The highest BCUT2D eigenvalue weighted by atomic mass is 79.9. The Hall–Kier alpha value is -0.940. The molecule has 1 aliphatic carbocycles. The van der Waals surface area contributed by atoms with Crippen molar-refractivity contribution in [2.24, 2.45) is 5.73 Å². The molecule has 0 saturated heterocycles. The van der Waals surface area contributed by atoms with Crippen molar-refractivity contribution in [3.8, 4) is 0 Å². The second kappa shape index (κ2) is 4.07. The lowest BCUT2D eigenvalue weighted by atomic mass is 9.82. The fraction of sp³-hybridized carbons (Fsp3) is 0.500. The number of rotatable bonds is 1. The lowest BCUT2D eigenvalue weighted by molar-refractivity contribution is 0.285. The highest BCUT2D eigenvalue weighted by Gasteiger charge is 2.33. The number of aromatic nitrogens is 3. The number of hydrogen-bond acceptors (Lipinski definition) is 3. The zero-order chi connectivity index (χ0) is 11.9. The molecular weight excluding hydrogens is 280 g/mol. The molecule has 2 aromatic heterocycles. The molecule has 0 amide bonds. The van der Waals surface area contributed by atoms with Crippen molar-refractivity contribution in [2.45, 2.75) is 37.6 Å². The van der Waals surface area contributed by atoms with Crippen molar-refractivity contribution in [1.82, 2.24) is 14.6 Å². The van der Waals surface area contributed by atoms with Gasteiger partial charge in [0.1, 0.15) is 0 Å². The summed E-state index contributed by atoms with van der Waals surface area (Å²) in [6.07, 6.45) is 7.63. The SMILES string of the molecule is NC1(c2nnc3ccc(Br)cn23)CCCCC1. The van der Waals surface area contributed by atoms with E-state index in [4.69, 9.17) is 5.73 Å². The second-order valence-electron chi connectivity index (χ2n) is 4.82. The molecule has 90 valence electrons. The molecule has 2 N–H and O–H groups in total. The average Bonchev–Trinajstić information content (AvgIpc) is 2.73. The predicted octanol–water partition coefficient (Wildman–Crippen LogP) is 2.61. The van der Waals surface area contributed by atoms with Crippen LogP contribution in [0.15, 0.2) is 22.8 Å². The lowest BCUT2D eigenvalue weighted by Gasteiger charge is -2.31. The van der Waals surface area contributed by atoms with E-state index in [1.54, 1.807) is 0 Å². The fourth-order valence-corrected chi connectivity index (χ4v) is 2.95. The van der Waals surface area contributed by atoms with Crippen molar-refractivity contribution in [3.05, 3.63) is 28.6 Å². The summed E-state index contributed by atoms with van der Waals surface area (Å²) in [5.41, 5.74) is 7.06. The van der Waals surface area contributed by atoms with E-state index in [2.05, 4.69) is 26.1 Å². The molecular formula is C12H15BrN4. The van der Waals surface area contributed by atoms with Crippen molar-refractivity contribution < 1.29 is 0 Å². The number of nitrogens with two attached hydrogens (primary N) is 1. The smallest absolute Gasteiger partial charge is 0.160 e. The molecule has 0 spiro atoms. The van der Waals surface area contributed by atoms with Crippen LogP contribution in [0, 0.1) is 0 Å². The lowest BCUT2D eigenvalue weighted by Crippen LogP contribution is -2.40. The molecule has 0 aromatic carbocycles. The van der Waals surface area contributed by atoms with E-state index in [0.29, 0.717) is 0 Å². The molecule has 2 heterocycles. The largest absolute Gasteiger partial charge is 0.319 e. The summed E-state index contributed by atoms with van der Waals surface area (Å²) < 4.78 is 3.03. The minimum Gasteiger partial charge on any atom is -0.319 e. The van der Waals surface area contributed by atoms with Gasteiger partial charge in [0.25, 0.3) is 0 Å². The van der Waals surface area contributed by atoms with Crippen molar-refractivity contribution in [1.29, 1.82) is 0 Å². The van der Waals surface area contributed by atoms with Crippen LogP contribution in [-0.4, -0.2) is 14.6 Å². The minimum atomic E-state index is -0.307. The van der Waals surface area contributed by atoms with E-state index >= 15 is 0 Å². The van der Waals surface area contributed by atoms with Crippen LogP contribution in [0.1, 0.15) is 37.9 Å². The van der Waals surface area contributed by atoms with Gasteiger partial charge in [-0.2, -0.15) is 0 Å². The zero-order valence-corrected chi connectivity index (χ0v) is 11.2. The predicted molar refractivity (Wildman–Crippen MR) is 69.6 cm³/mol. The highest BCUT2D eigenvalue weighted by molar-refractivity contribution is 9.10. The van der Waals surface area contributed by atoms with Crippen LogP contribution in [0.2, 0.25) is 0 Å². The molecule has 0 unspecified atom stereocenters. The summed E-state index contributed by atoms with van der Waals surface area (Å²) in [4.78, 5) is 0.